The van der Waals surface area contributed by atoms with E-state index < -0.39 is 4.92 Å². The minimum absolute atomic E-state index is 0.155. The summed E-state index contributed by atoms with van der Waals surface area (Å²) < 4.78 is 0. The predicted octanol–water partition coefficient (Wildman–Crippen LogP) is 4.07. The second-order valence-electron chi connectivity index (χ2n) is 5.27. The van der Waals surface area contributed by atoms with Gasteiger partial charge in [0.05, 0.1) is 4.92 Å². The Bertz CT molecular complexity index is 701. The predicted molar refractivity (Wildman–Crippen MR) is 95.7 cm³/mol. The maximum Gasteiger partial charge on any atom is 0.353 e. The van der Waals surface area contributed by atoms with E-state index in [4.69, 9.17) is 0 Å². The summed E-state index contributed by atoms with van der Waals surface area (Å²) in [5.41, 5.74) is 1.80. The number of aromatic nitrogens is 2. The molecule has 0 saturated heterocycles. The van der Waals surface area contributed by atoms with Gasteiger partial charge >= 0.3 is 5.69 Å². The normalized spacial score (nSPS) is 10.2. The van der Waals surface area contributed by atoms with Gasteiger partial charge in [0.1, 0.15) is 6.33 Å². The van der Waals surface area contributed by atoms with Gasteiger partial charge in [0.15, 0.2) is 0 Å². The molecule has 0 fully saturated rings. The molecule has 2 rings (SSSR count). The van der Waals surface area contributed by atoms with Gasteiger partial charge in [0.2, 0.25) is 11.6 Å². The molecule has 0 spiro atoms. The third kappa shape index (κ3) is 4.52. The van der Waals surface area contributed by atoms with Gasteiger partial charge in [-0.25, -0.2) is 9.97 Å². The van der Waals surface area contributed by atoms with Gasteiger partial charge in [0.25, 0.3) is 0 Å². The quantitative estimate of drug-likeness (QED) is 0.410. The zero-order valence-corrected chi connectivity index (χ0v) is 13.7. The first-order valence-electron chi connectivity index (χ1n) is 7.85. The van der Waals surface area contributed by atoms with Crippen molar-refractivity contribution in [2.45, 2.75) is 26.2 Å². The Morgan fingerprint density at radius 2 is 1.96 bits per heavy atom. The number of aryl methyl sites for hydroxylation is 1. The molecule has 0 aliphatic heterocycles. The standard InChI is InChI=1S/C17H21N5O2/c1-3-5-6-13-7-9-14(10-8-13)21-17-15(22(23)24)16(18-11-4-2)19-12-20-17/h4,7-10,12H,2-3,5-6,11H2,1H3,(H2,18,19,20,21). The average Bonchev–Trinajstić information content (AvgIpc) is 2.59. The lowest BCUT2D eigenvalue weighted by Crippen LogP contribution is -2.08. The van der Waals surface area contributed by atoms with E-state index in [1.54, 1.807) is 6.08 Å². The third-order valence-corrected chi connectivity index (χ3v) is 3.45. The maximum absolute atomic E-state index is 11.4. The molecule has 7 heteroatoms. The molecule has 1 heterocycles. The van der Waals surface area contributed by atoms with Crippen LogP contribution in [0.25, 0.3) is 0 Å². The first kappa shape index (κ1) is 17.4. The highest BCUT2D eigenvalue weighted by Gasteiger charge is 2.22. The monoisotopic (exact) mass is 327 g/mol. The van der Waals surface area contributed by atoms with E-state index in [9.17, 15) is 10.1 Å². The number of hydrogen-bond donors (Lipinski definition) is 2. The van der Waals surface area contributed by atoms with Crippen LogP contribution in [-0.2, 0) is 6.42 Å². The summed E-state index contributed by atoms with van der Waals surface area (Å²) in [4.78, 5) is 18.8. The van der Waals surface area contributed by atoms with Crippen molar-refractivity contribution in [2.24, 2.45) is 0 Å². The molecule has 2 N–H and O–H groups in total. The number of benzene rings is 1. The number of unbranched alkanes of at least 4 members (excludes halogenated alkanes) is 1. The summed E-state index contributed by atoms with van der Waals surface area (Å²) in [5.74, 6) is 0.319. The summed E-state index contributed by atoms with van der Waals surface area (Å²) in [5, 5.41) is 17.2. The smallest absolute Gasteiger partial charge is 0.353 e. The molecule has 2 aromatic rings. The van der Waals surface area contributed by atoms with Crippen LogP contribution < -0.4 is 10.6 Å². The Morgan fingerprint density at radius 1 is 1.25 bits per heavy atom. The molecule has 126 valence electrons. The first-order valence-corrected chi connectivity index (χ1v) is 7.85. The van der Waals surface area contributed by atoms with E-state index in [-0.39, 0.29) is 17.3 Å². The van der Waals surface area contributed by atoms with Gasteiger partial charge in [-0.15, -0.1) is 6.58 Å². The molecular formula is C17H21N5O2. The minimum Gasteiger partial charge on any atom is -0.361 e. The molecule has 0 atom stereocenters. The molecule has 1 aromatic carbocycles. The topological polar surface area (TPSA) is 93.0 Å². The summed E-state index contributed by atoms with van der Waals surface area (Å²) >= 11 is 0. The van der Waals surface area contributed by atoms with Crippen LogP contribution in [0.15, 0.2) is 43.2 Å². The highest BCUT2D eigenvalue weighted by Crippen LogP contribution is 2.31. The number of hydrogen-bond acceptors (Lipinski definition) is 6. The van der Waals surface area contributed by atoms with E-state index in [1.165, 1.54) is 11.9 Å². The van der Waals surface area contributed by atoms with Crippen LogP contribution in [0.3, 0.4) is 0 Å². The Hall–Kier alpha value is -2.96. The fourth-order valence-corrected chi connectivity index (χ4v) is 2.21. The summed E-state index contributed by atoms with van der Waals surface area (Å²) in [6.07, 6.45) is 6.21. The number of nitrogens with zero attached hydrogens (tertiary/aromatic N) is 3. The highest BCUT2D eigenvalue weighted by molar-refractivity contribution is 5.73. The Labute approximate surface area is 141 Å². The van der Waals surface area contributed by atoms with E-state index >= 15 is 0 Å². The van der Waals surface area contributed by atoms with Crippen molar-refractivity contribution < 1.29 is 4.92 Å². The van der Waals surface area contributed by atoms with Crippen LogP contribution in [-0.4, -0.2) is 21.4 Å². The molecule has 0 unspecified atom stereocenters. The molecule has 0 bridgehead atoms. The van der Waals surface area contributed by atoms with Crippen molar-refractivity contribution in [3.8, 4) is 0 Å². The molecule has 7 nitrogen and oxygen atoms in total. The molecule has 0 aliphatic carbocycles. The molecule has 1 aromatic heterocycles. The van der Waals surface area contributed by atoms with Crippen LogP contribution in [0.4, 0.5) is 23.0 Å². The fourth-order valence-electron chi connectivity index (χ4n) is 2.21. The van der Waals surface area contributed by atoms with E-state index in [0.29, 0.717) is 6.54 Å². The molecular weight excluding hydrogens is 306 g/mol. The van der Waals surface area contributed by atoms with E-state index in [1.807, 2.05) is 24.3 Å². The largest absolute Gasteiger partial charge is 0.361 e. The number of nitro groups is 1. The van der Waals surface area contributed by atoms with Crippen LogP contribution in [0.5, 0.6) is 0 Å². The maximum atomic E-state index is 11.4. The van der Waals surface area contributed by atoms with Gasteiger partial charge in [-0.05, 0) is 30.5 Å². The number of nitrogens with one attached hydrogen (secondary N) is 2. The summed E-state index contributed by atoms with van der Waals surface area (Å²) in [6.45, 7) is 6.11. The average molecular weight is 327 g/mol. The Morgan fingerprint density at radius 3 is 2.58 bits per heavy atom. The van der Waals surface area contributed by atoms with Gasteiger partial charge in [-0.1, -0.05) is 31.6 Å². The SMILES string of the molecule is C=CCNc1ncnc(Nc2ccc(CCCC)cc2)c1[N+](=O)[O-]. The van der Waals surface area contributed by atoms with Crippen LogP contribution in [0, 0.1) is 10.1 Å². The molecule has 0 radical (unpaired) electrons. The van der Waals surface area contributed by atoms with Gasteiger partial charge in [-0.3, -0.25) is 10.1 Å². The van der Waals surface area contributed by atoms with E-state index in [0.717, 1.165) is 24.9 Å². The molecule has 0 amide bonds. The van der Waals surface area contributed by atoms with Crippen molar-refractivity contribution in [3.05, 3.63) is 58.9 Å². The van der Waals surface area contributed by atoms with Crippen LogP contribution >= 0.6 is 0 Å². The summed E-state index contributed by atoms with van der Waals surface area (Å²) in [6, 6.07) is 7.82. The zero-order chi connectivity index (χ0) is 17.4. The minimum atomic E-state index is -0.497. The Balaban J connectivity index is 2.22. The Kier molecular flexibility index (Phi) is 6.24. The second kappa shape index (κ2) is 8.61. The van der Waals surface area contributed by atoms with Gasteiger partial charge < -0.3 is 10.6 Å². The fraction of sp³-hybridized carbons (Fsp3) is 0.294. The van der Waals surface area contributed by atoms with Crippen molar-refractivity contribution in [2.75, 3.05) is 17.2 Å². The highest BCUT2D eigenvalue weighted by atomic mass is 16.6. The second-order valence-corrected chi connectivity index (χ2v) is 5.27. The third-order valence-electron chi connectivity index (χ3n) is 3.45. The van der Waals surface area contributed by atoms with Crippen molar-refractivity contribution >= 4 is 23.0 Å². The van der Waals surface area contributed by atoms with E-state index in [2.05, 4.69) is 34.1 Å². The number of rotatable bonds is 9. The lowest BCUT2D eigenvalue weighted by Gasteiger charge is -2.09. The molecule has 0 saturated carbocycles. The molecule has 24 heavy (non-hydrogen) atoms. The van der Waals surface area contributed by atoms with Crippen LogP contribution in [0.1, 0.15) is 25.3 Å². The van der Waals surface area contributed by atoms with Crippen molar-refractivity contribution in [3.63, 3.8) is 0 Å². The van der Waals surface area contributed by atoms with Crippen molar-refractivity contribution in [1.82, 2.24) is 9.97 Å². The van der Waals surface area contributed by atoms with Crippen LogP contribution in [0.2, 0.25) is 0 Å². The molecule has 0 aliphatic rings. The first-order chi connectivity index (χ1) is 11.7. The van der Waals surface area contributed by atoms with Crippen molar-refractivity contribution in [1.29, 1.82) is 0 Å². The lowest BCUT2D eigenvalue weighted by atomic mass is 10.1. The zero-order valence-electron chi connectivity index (χ0n) is 13.7. The number of anilines is 3. The van der Waals surface area contributed by atoms with Gasteiger partial charge in [-0.2, -0.15) is 0 Å². The summed E-state index contributed by atoms with van der Waals surface area (Å²) in [7, 11) is 0. The lowest BCUT2D eigenvalue weighted by molar-refractivity contribution is -0.383. The van der Waals surface area contributed by atoms with Gasteiger partial charge in [0, 0.05) is 12.2 Å².